The lowest BCUT2D eigenvalue weighted by Crippen LogP contribution is -2.57. The number of rotatable bonds is 32. The molecule has 2 saturated carbocycles. The van der Waals surface area contributed by atoms with Crippen molar-refractivity contribution in [1.82, 2.24) is 100 Å². The summed E-state index contributed by atoms with van der Waals surface area (Å²) in [6.45, 7) is 22.0. The normalized spacial score (nSPS) is 17.9. The molecule has 6 atom stereocenters. The second kappa shape index (κ2) is 47.3. The molecule has 2 aromatic carbocycles. The molecule has 6 aliphatic rings. The van der Waals surface area contributed by atoms with E-state index < -0.39 is 65.0 Å². The van der Waals surface area contributed by atoms with Gasteiger partial charge < -0.3 is 85.3 Å². The number of piperazine rings is 2. The third-order valence-electron chi connectivity index (χ3n) is 27.2. The summed E-state index contributed by atoms with van der Waals surface area (Å²) in [6, 6.07) is 24.8. The molecule has 2 aliphatic carbocycles. The maximum atomic E-state index is 14.1. The Kier molecular flexibility index (Phi) is 35.0. The number of aliphatic carboxylic acids is 1. The maximum Gasteiger partial charge on any atom is 0.303 e. The number of likely N-dealkylation sites (tertiary alicyclic amines) is 2. The third-order valence-corrected chi connectivity index (χ3v) is 29.1. The molecule has 8 N–H and O–H groups in total. The molecule has 10 aromatic rings. The van der Waals surface area contributed by atoms with Crippen LogP contribution in [-0.2, 0) is 64.3 Å². The highest BCUT2D eigenvalue weighted by molar-refractivity contribution is 7.13. The molecular formula is C104H136N22O13S2. The Labute approximate surface area is 831 Å². The second-order valence-electron chi connectivity index (χ2n) is 40.4. The van der Waals surface area contributed by atoms with Crippen LogP contribution in [0.15, 0.2) is 121 Å². The molecule has 0 spiro atoms. The predicted octanol–water partition coefficient (Wildman–Crippen LogP) is 11.2. The van der Waals surface area contributed by atoms with Gasteiger partial charge >= 0.3 is 5.97 Å². The van der Waals surface area contributed by atoms with Crippen LogP contribution in [0.1, 0.15) is 236 Å². The van der Waals surface area contributed by atoms with Crippen molar-refractivity contribution in [2.24, 2.45) is 10.8 Å². The van der Waals surface area contributed by atoms with Crippen LogP contribution < -0.4 is 36.4 Å². The first kappa shape index (κ1) is 104. The first-order valence-corrected chi connectivity index (χ1v) is 51.1. The van der Waals surface area contributed by atoms with Crippen molar-refractivity contribution in [3.8, 4) is 20.9 Å². The van der Waals surface area contributed by atoms with Gasteiger partial charge in [0.2, 0.25) is 41.4 Å². The lowest BCUT2D eigenvalue weighted by atomic mass is 9.85. The van der Waals surface area contributed by atoms with Crippen LogP contribution in [0.25, 0.3) is 42.9 Å². The summed E-state index contributed by atoms with van der Waals surface area (Å²) in [7, 11) is 7.14. The number of fused-ring (bicyclic) bond motifs is 2. The Balaban J connectivity index is 0.000000187. The molecule has 12 heterocycles. The maximum absolute atomic E-state index is 14.1. The minimum atomic E-state index is -0.924. The minimum Gasteiger partial charge on any atom is -0.481 e. The highest BCUT2D eigenvalue weighted by Crippen LogP contribution is 2.39. The summed E-state index contributed by atoms with van der Waals surface area (Å²) in [5, 5.41) is 46.4. The number of carbonyl (C=O) groups is 10. The van der Waals surface area contributed by atoms with E-state index >= 15 is 0 Å². The monoisotopic (exact) mass is 1970 g/mol. The van der Waals surface area contributed by atoms with Crippen LogP contribution in [0.4, 0.5) is 11.4 Å². The summed E-state index contributed by atoms with van der Waals surface area (Å²) in [6.07, 6.45) is 18.2. The Morgan fingerprint density at radius 3 is 1.26 bits per heavy atom. The average molecular weight is 1970 g/mol. The van der Waals surface area contributed by atoms with E-state index in [1.807, 2.05) is 163 Å². The van der Waals surface area contributed by atoms with E-state index in [0.717, 1.165) is 159 Å². The van der Waals surface area contributed by atoms with Crippen molar-refractivity contribution in [3.63, 3.8) is 0 Å². The van der Waals surface area contributed by atoms with Gasteiger partial charge in [-0.3, -0.25) is 57.9 Å². The summed E-state index contributed by atoms with van der Waals surface area (Å²) in [5.41, 5.74) is 15.1. The number of aromatic nitrogens is 10. The van der Waals surface area contributed by atoms with Crippen molar-refractivity contribution >= 4 is 115 Å². The number of β-amino-alcohol motifs (C(OH)–C–C–N with tert-alkyl or cyclic N) is 2. The van der Waals surface area contributed by atoms with Gasteiger partial charge in [-0.05, 0) is 135 Å². The molecular weight excluding hydrogens is 1830 g/mol. The minimum absolute atomic E-state index is 0.000872. The number of anilines is 2. The van der Waals surface area contributed by atoms with E-state index in [-0.39, 0.29) is 106 Å². The average Bonchev–Trinajstić information content (AvgIpc) is 1.62. The van der Waals surface area contributed by atoms with Crippen LogP contribution in [0.5, 0.6) is 0 Å². The van der Waals surface area contributed by atoms with E-state index in [4.69, 9.17) is 20.1 Å². The standard InChI is InChI=1S/C52H67N11O6S.C28H38N4O6S.C24H31N7O/c1-33-46(70-32-56-33)35-17-15-34(16-18-35)28-55-49(67)41-27-40(64)31-62(41)51(69)47(52(2,3)4)58-44(65)13-9-10-14-45(66)61-23-21-60(22-24-61)39-20-19-37(53-30-39)26-43-54-29-36-25-42(50(68)59(5)6)63(48(36)57-43)38-11-7-8-12-38;1-17-24(39-16-30-17)19-11-9-18(10-12-19)14-29-26(37)21-13-20(33)15-32(21)27(38)25(28(2,3)4)31-22(34)7-5-6-8-23(35)36;1-29(2)24(32)21-13-17-15-27-22(28-23(17)31(21)19-5-3-4-6-19)14-18-7-8-20(16-26-18)30-11-9-25-10-12-30/h15-20,25,29-30,32,38,40-41,47,64H,7-14,21-24,26-28,31H2,1-6H3,(H,55,67)(H,58,65);9-12,16,20-21,25,33H,5-8,13-15H2,1-4H3,(H,29,37)(H,31,34)(H,35,36);7-8,13,15-16,19,25H,3-6,9-12,14H2,1-2H3/t40-,41+,47-;20-,21+,25-;/m11./s1. The number of hydrogen-bond donors (Lipinski definition) is 8. The van der Waals surface area contributed by atoms with Crippen LogP contribution in [0.3, 0.4) is 0 Å². The van der Waals surface area contributed by atoms with Crippen molar-refractivity contribution in [2.75, 3.05) is 103 Å². The van der Waals surface area contributed by atoms with Gasteiger partial charge in [-0.2, -0.15) is 0 Å². The zero-order valence-electron chi connectivity index (χ0n) is 83.1. The molecule has 35 nitrogen and oxygen atoms in total. The number of aliphatic hydroxyl groups is 2. The van der Waals surface area contributed by atoms with Gasteiger partial charge in [-0.25, -0.2) is 29.9 Å². The van der Waals surface area contributed by atoms with Crippen molar-refractivity contribution in [1.29, 1.82) is 0 Å². The number of unbranched alkanes of at least 4 members (excludes halogenated alkanes) is 2. The van der Waals surface area contributed by atoms with E-state index in [9.17, 15) is 58.2 Å². The number of pyridine rings is 2. The molecule has 9 amide bonds. The summed E-state index contributed by atoms with van der Waals surface area (Å²) in [5.74, 6) is -1.73. The number of thiazole rings is 2. The Morgan fingerprint density at radius 2 is 0.887 bits per heavy atom. The first-order valence-electron chi connectivity index (χ1n) is 49.4. The predicted molar refractivity (Wildman–Crippen MR) is 542 cm³/mol. The lowest BCUT2D eigenvalue weighted by molar-refractivity contribution is -0.144. The number of carbonyl (C=O) groups excluding carboxylic acids is 9. The molecule has 0 bridgehead atoms. The first-order chi connectivity index (χ1) is 67.5. The number of aliphatic hydroxyl groups excluding tert-OH is 2. The molecule has 141 heavy (non-hydrogen) atoms. The zero-order valence-corrected chi connectivity index (χ0v) is 84.8. The van der Waals surface area contributed by atoms with Crippen LogP contribution in [0, 0.1) is 24.7 Å². The molecule has 4 saturated heterocycles. The quantitative estimate of drug-likeness (QED) is 0.0182. The number of amides is 9. The molecule has 4 aliphatic heterocycles. The second-order valence-corrected chi connectivity index (χ2v) is 42.1. The van der Waals surface area contributed by atoms with Gasteiger partial charge in [-0.15, -0.1) is 22.7 Å². The van der Waals surface area contributed by atoms with Crippen molar-refractivity contribution < 1.29 is 63.3 Å². The van der Waals surface area contributed by atoms with Gasteiger partial charge in [-0.1, -0.05) is 116 Å². The number of aryl methyl sites for hydroxylation is 2. The van der Waals surface area contributed by atoms with Crippen LogP contribution >= 0.6 is 22.7 Å². The van der Waals surface area contributed by atoms with Gasteiger partial charge in [0.1, 0.15) is 58.5 Å². The molecule has 752 valence electrons. The van der Waals surface area contributed by atoms with Crippen molar-refractivity contribution in [2.45, 2.75) is 245 Å². The van der Waals surface area contributed by atoms with Crippen LogP contribution in [-0.4, -0.2) is 278 Å². The summed E-state index contributed by atoms with van der Waals surface area (Å²) < 4.78 is 4.29. The number of carboxylic acid groups (broad SMARTS) is 1. The highest BCUT2D eigenvalue weighted by atomic mass is 32.1. The van der Waals surface area contributed by atoms with E-state index in [0.29, 0.717) is 94.4 Å². The highest BCUT2D eigenvalue weighted by Gasteiger charge is 2.47. The fourth-order valence-electron chi connectivity index (χ4n) is 19.3. The Hall–Kier alpha value is -12.6. The van der Waals surface area contributed by atoms with Crippen molar-refractivity contribution in [3.05, 3.63) is 178 Å². The van der Waals surface area contributed by atoms with Gasteiger partial charge in [0.25, 0.3) is 11.8 Å². The number of carboxylic acids is 1. The largest absolute Gasteiger partial charge is 0.481 e. The van der Waals surface area contributed by atoms with E-state index in [2.05, 4.69) is 82.6 Å². The molecule has 16 rings (SSSR count). The lowest BCUT2D eigenvalue weighted by Gasteiger charge is -2.36. The van der Waals surface area contributed by atoms with E-state index in [1.165, 1.54) is 22.6 Å². The molecule has 0 unspecified atom stereocenters. The summed E-state index contributed by atoms with van der Waals surface area (Å²) >= 11 is 3.15. The molecule has 8 aromatic heterocycles. The van der Waals surface area contributed by atoms with E-state index in [1.54, 1.807) is 66.2 Å². The molecule has 0 radical (unpaired) electrons. The Morgan fingerprint density at radius 1 is 0.489 bits per heavy atom. The summed E-state index contributed by atoms with van der Waals surface area (Å²) in [4.78, 5) is 182. The zero-order chi connectivity index (χ0) is 101. The molecule has 37 heteroatoms. The fraction of sp³-hybridized carbons (Fsp3) is 0.519. The fourth-order valence-corrected chi connectivity index (χ4v) is 20.9. The number of benzene rings is 2. The third kappa shape index (κ3) is 26.8. The number of hydrogen-bond acceptors (Lipinski definition) is 25. The Bertz CT molecular complexity index is 6020. The topological polar surface area (TPSA) is 427 Å². The SMILES string of the molecule is CN(C)C(=O)c1cc2cnc(Cc3ccc(N4CCNCC4)cn3)nc2n1C1CCCC1.Cc1ncsc1-c1ccc(CNC(=O)[C@@H]2C[C@@H](O)CN2C(=O)[C@@H](NC(=O)CCCCC(=O)N2CCN(c3ccc(Cc4ncc5cc(C(=O)N(C)C)n(C6CCCC6)c5n4)nc3)CC2)C(C)(C)C)cc1.Cc1ncsc1-c1ccc(CNC(=O)[C@@H]2C[C@@H](O)CN2C(=O)[C@@H](NC(=O)CCCCC(=O)O)C(C)(C)C)cc1. The van der Waals surface area contributed by atoms with Gasteiger partial charge in [0.15, 0.2) is 0 Å². The number of nitrogens with one attached hydrogen (secondary N) is 5. The molecule has 6 fully saturated rings. The number of nitrogens with zero attached hydrogens (tertiary/aromatic N) is 17. The van der Waals surface area contributed by atoms with Gasteiger partial charge in [0.05, 0.1) is 81.0 Å². The van der Waals surface area contributed by atoms with Gasteiger partial charge in [0, 0.05) is 192 Å². The smallest absolute Gasteiger partial charge is 0.303 e. The van der Waals surface area contributed by atoms with Crippen LogP contribution in [0.2, 0.25) is 0 Å².